The highest BCUT2D eigenvalue weighted by atomic mass is 15.2. The molecule has 0 amide bonds. The third-order valence-corrected chi connectivity index (χ3v) is 3.79. The van der Waals surface area contributed by atoms with E-state index in [2.05, 4.69) is 49.1 Å². The van der Waals surface area contributed by atoms with E-state index in [9.17, 15) is 0 Å². The number of nitrogens with two attached hydrogens (primary N) is 1. The van der Waals surface area contributed by atoms with Crippen LogP contribution in [0.3, 0.4) is 0 Å². The molecule has 0 saturated carbocycles. The standard InChI is InChI=1S/C15H24N2/c1-15(2)8-9-17(12-15)11-14(10-16)13-6-4-3-5-7-13/h3-7,14H,8-12,16H2,1-2H3. The number of likely N-dealkylation sites (tertiary alicyclic amines) is 1. The molecule has 2 heteroatoms. The van der Waals surface area contributed by atoms with Crippen LogP contribution in [0.5, 0.6) is 0 Å². The molecule has 0 aliphatic carbocycles. The van der Waals surface area contributed by atoms with Crippen molar-refractivity contribution < 1.29 is 0 Å². The number of benzene rings is 1. The lowest BCUT2D eigenvalue weighted by atomic mass is 9.93. The zero-order chi connectivity index (χ0) is 12.3. The lowest BCUT2D eigenvalue weighted by molar-refractivity contribution is 0.276. The van der Waals surface area contributed by atoms with Crippen molar-refractivity contribution in [3.63, 3.8) is 0 Å². The van der Waals surface area contributed by atoms with Gasteiger partial charge in [-0.15, -0.1) is 0 Å². The topological polar surface area (TPSA) is 29.3 Å². The molecule has 2 N–H and O–H groups in total. The molecule has 0 bridgehead atoms. The molecule has 1 aromatic carbocycles. The molecule has 1 aliphatic rings. The monoisotopic (exact) mass is 232 g/mol. The minimum Gasteiger partial charge on any atom is -0.330 e. The van der Waals surface area contributed by atoms with Crippen LogP contribution in [0.1, 0.15) is 31.7 Å². The van der Waals surface area contributed by atoms with Gasteiger partial charge in [0.25, 0.3) is 0 Å². The molecule has 1 heterocycles. The van der Waals surface area contributed by atoms with Crippen molar-refractivity contribution in [2.75, 3.05) is 26.2 Å². The van der Waals surface area contributed by atoms with Crippen molar-refractivity contribution in [2.45, 2.75) is 26.2 Å². The molecule has 1 fully saturated rings. The van der Waals surface area contributed by atoms with Crippen LogP contribution in [0.2, 0.25) is 0 Å². The van der Waals surface area contributed by atoms with Crippen molar-refractivity contribution >= 4 is 0 Å². The Bertz CT molecular complexity index is 345. The molecule has 1 aromatic rings. The van der Waals surface area contributed by atoms with Gasteiger partial charge in [0, 0.05) is 25.6 Å². The second kappa shape index (κ2) is 5.19. The largest absolute Gasteiger partial charge is 0.330 e. The Morgan fingerprint density at radius 2 is 2.00 bits per heavy atom. The van der Waals surface area contributed by atoms with Crippen LogP contribution in [0.25, 0.3) is 0 Å². The second-order valence-corrected chi connectivity index (χ2v) is 5.99. The molecule has 1 unspecified atom stereocenters. The van der Waals surface area contributed by atoms with Crippen molar-refractivity contribution in [3.05, 3.63) is 35.9 Å². The SMILES string of the molecule is CC1(C)CCN(CC(CN)c2ccccc2)C1. The van der Waals surface area contributed by atoms with Gasteiger partial charge in [-0.2, -0.15) is 0 Å². The minimum absolute atomic E-state index is 0.477. The van der Waals surface area contributed by atoms with Gasteiger partial charge in [0.15, 0.2) is 0 Å². The van der Waals surface area contributed by atoms with Crippen LogP contribution in [0, 0.1) is 5.41 Å². The lowest BCUT2D eigenvalue weighted by Crippen LogP contribution is -2.31. The fraction of sp³-hybridized carbons (Fsp3) is 0.600. The predicted molar refractivity (Wildman–Crippen MR) is 73.1 cm³/mol. The Morgan fingerprint density at radius 3 is 2.53 bits per heavy atom. The summed E-state index contributed by atoms with van der Waals surface area (Å²) in [4.78, 5) is 2.56. The molecule has 0 radical (unpaired) electrons. The smallest absolute Gasteiger partial charge is 0.00888 e. The highest BCUT2D eigenvalue weighted by Crippen LogP contribution is 2.30. The number of hydrogen-bond acceptors (Lipinski definition) is 2. The first-order chi connectivity index (χ1) is 8.11. The van der Waals surface area contributed by atoms with Gasteiger partial charge in [-0.05, 0) is 23.9 Å². The first-order valence-electron chi connectivity index (χ1n) is 6.58. The van der Waals surface area contributed by atoms with Crippen LogP contribution in [0.4, 0.5) is 0 Å². The van der Waals surface area contributed by atoms with Gasteiger partial charge in [-0.1, -0.05) is 44.2 Å². The van der Waals surface area contributed by atoms with E-state index >= 15 is 0 Å². The van der Waals surface area contributed by atoms with Gasteiger partial charge in [0.2, 0.25) is 0 Å². The average Bonchev–Trinajstić information content (AvgIpc) is 2.67. The van der Waals surface area contributed by atoms with Gasteiger partial charge in [-0.25, -0.2) is 0 Å². The molecule has 2 nitrogen and oxygen atoms in total. The van der Waals surface area contributed by atoms with E-state index in [-0.39, 0.29) is 0 Å². The summed E-state index contributed by atoms with van der Waals surface area (Å²) in [6.07, 6.45) is 1.30. The van der Waals surface area contributed by atoms with E-state index in [4.69, 9.17) is 5.73 Å². The Labute approximate surface area is 105 Å². The third kappa shape index (κ3) is 3.30. The van der Waals surface area contributed by atoms with Gasteiger partial charge >= 0.3 is 0 Å². The van der Waals surface area contributed by atoms with Gasteiger partial charge in [0.05, 0.1) is 0 Å². The molecule has 0 aromatic heterocycles. The summed E-state index contributed by atoms with van der Waals surface area (Å²) in [6.45, 7) is 8.97. The summed E-state index contributed by atoms with van der Waals surface area (Å²) in [5.41, 5.74) is 7.78. The molecule has 0 spiro atoms. The van der Waals surface area contributed by atoms with Crippen LogP contribution in [0.15, 0.2) is 30.3 Å². The number of hydrogen-bond donors (Lipinski definition) is 1. The van der Waals surface area contributed by atoms with E-state index < -0.39 is 0 Å². The molecule has 1 aliphatic heterocycles. The van der Waals surface area contributed by atoms with E-state index in [1.165, 1.54) is 25.1 Å². The molecule has 94 valence electrons. The van der Waals surface area contributed by atoms with Crippen molar-refractivity contribution in [2.24, 2.45) is 11.1 Å². The lowest BCUT2D eigenvalue weighted by Gasteiger charge is -2.24. The maximum atomic E-state index is 5.92. The zero-order valence-corrected chi connectivity index (χ0v) is 11.0. The average molecular weight is 232 g/mol. The van der Waals surface area contributed by atoms with Crippen LogP contribution < -0.4 is 5.73 Å². The molecular weight excluding hydrogens is 208 g/mol. The van der Waals surface area contributed by atoms with Crippen LogP contribution >= 0.6 is 0 Å². The Balaban J connectivity index is 1.97. The van der Waals surface area contributed by atoms with E-state index in [1.54, 1.807) is 0 Å². The zero-order valence-electron chi connectivity index (χ0n) is 11.0. The second-order valence-electron chi connectivity index (χ2n) is 5.99. The number of rotatable bonds is 4. The summed E-state index contributed by atoms with van der Waals surface area (Å²) in [6, 6.07) is 10.7. The summed E-state index contributed by atoms with van der Waals surface area (Å²) in [5, 5.41) is 0. The van der Waals surface area contributed by atoms with Crippen LogP contribution in [-0.4, -0.2) is 31.1 Å². The summed E-state index contributed by atoms with van der Waals surface area (Å²) < 4.78 is 0. The Kier molecular flexibility index (Phi) is 3.85. The van der Waals surface area contributed by atoms with Gasteiger partial charge in [0.1, 0.15) is 0 Å². The quantitative estimate of drug-likeness (QED) is 0.864. The molecule has 17 heavy (non-hydrogen) atoms. The maximum Gasteiger partial charge on any atom is 0.00888 e. The maximum absolute atomic E-state index is 5.92. The first-order valence-corrected chi connectivity index (χ1v) is 6.58. The molecule has 1 atom stereocenters. The predicted octanol–water partition coefficient (Wildman–Crippen LogP) is 2.46. The molecule has 1 saturated heterocycles. The summed E-state index contributed by atoms with van der Waals surface area (Å²) in [7, 11) is 0. The first kappa shape index (κ1) is 12.6. The van der Waals surface area contributed by atoms with E-state index in [0.717, 1.165) is 13.1 Å². The Morgan fingerprint density at radius 1 is 1.29 bits per heavy atom. The van der Waals surface area contributed by atoms with Gasteiger partial charge < -0.3 is 10.6 Å². The third-order valence-electron chi connectivity index (χ3n) is 3.79. The minimum atomic E-state index is 0.477. The van der Waals surface area contributed by atoms with E-state index in [0.29, 0.717) is 11.3 Å². The van der Waals surface area contributed by atoms with Gasteiger partial charge in [-0.3, -0.25) is 0 Å². The highest BCUT2D eigenvalue weighted by Gasteiger charge is 2.30. The fourth-order valence-corrected chi connectivity index (χ4v) is 2.73. The molecular formula is C15H24N2. The van der Waals surface area contributed by atoms with Crippen LogP contribution in [-0.2, 0) is 0 Å². The van der Waals surface area contributed by atoms with Crippen molar-refractivity contribution in [1.29, 1.82) is 0 Å². The van der Waals surface area contributed by atoms with Crippen molar-refractivity contribution in [3.8, 4) is 0 Å². The Hall–Kier alpha value is -0.860. The normalized spacial score (nSPS) is 21.6. The summed E-state index contributed by atoms with van der Waals surface area (Å²) in [5.74, 6) is 0.477. The van der Waals surface area contributed by atoms with Crippen molar-refractivity contribution in [1.82, 2.24) is 4.90 Å². The fourth-order valence-electron chi connectivity index (χ4n) is 2.73. The van der Waals surface area contributed by atoms with E-state index in [1.807, 2.05) is 0 Å². The number of nitrogens with zero attached hydrogens (tertiary/aromatic N) is 1. The highest BCUT2D eigenvalue weighted by molar-refractivity contribution is 5.20. The molecule has 2 rings (SSSR count). The summed E-state index contributed by atoms with van der Waals surface area (Å²) >= 11 is 0.